The van der Waals surface area contributed by atoms with Crippen molar-refractivity contribution in [3.05, 3.63) is 0 Å². The smallest absolute Gasteiger partial charge is 0.324 e. The minimum Gasteiger partial charge on any atom is -0.465 e. The van der Waals surface area contributed by atoms with Gasteiger partial charge in [-0.05, 0) is 20.8 Å². The van der Waals surface area contributed by atoms with Crippen molar-refractivity contribution in [2.24, 2.45) is 0 Å². The van der Waals surface area contributed by atoms with Gasteiger partial charge in [0.15, 0.2) is 0 Å². The molecule has 0 bridgehead atoms. The van der Waals surface area contributed by atoms with Crippen LogP contribution in [0.4, 0.5) is 0 Å². The SMILES string of the molecule is CCOC(=O)C1CNCCN1CC(=O)NC(C)C. The number of carbonyl (C=O) groups excluding carboxylic acids is 2. The molecular weight excluding hydrogens is 234 g/mol. The normalized spacial score (nSPS) is 20.8. The Morgan fingerprint density at radius 2 is 2.22 bits per heavy atom. The molecule has 0 aromatic rings. The number of esters is 1. The summed E-state index contributed by atoms with van der Waals surface area (Å²) in [5, 5.41) is 5.97. The van der Waals surface area contributed by atoms with Crippen molar-refractivity contribution in [1.29, 1.82) is 0 Å². The highest BCUT2D eigenvalue weighted by atomic mass is 16.5. The van der Waals surface area contributed by atoms with E-state index in [1.165, 1.54) is 0 Å². The molecule has 1 aliphatic heterocycles. The lowest BCUT2D eigenvalue weighted by Crippen LogP contribution is -2.57. The van der Waals surface area contributed by atoms with Gasteiger partial charge in [-0.1, -0.05) is 0 Å². The second-order valence-electron chi connectivity index (χ2n) is 4.66. The van der Waals surface area contributed by atoms with Gasteiger partial charge in [0.2, 0.25) is 5.91 Å². The Kier molecular flexibility index (Phi) is 6.07. The lowest BCUT2D eigenvalue weighted by molar-refractivity contribution is -0.150. The van der Waals surface area contributed by atoms with Crippen molar-refractivity contribution >= 4 is 11.9 Å². The second-order valence-corrected chi connectivity index (χ2v) is 4.66. The molecule has 0 saturated carbocycles. The zero-order valence-corrected chi connectivity index (χ0v) is 11.4. The molecule has 1 rings (SSSR count). The summed E-state index contributed by atoms with van der Waals surface area (Å²) in [5.41, 5.74) is 0. The van der Waals surface area contributed by atoms with Crippen LogP contribution in [-0.2, 0) is 14.3 Å². The first-order valence-corrected chi connectivity index (χ1v) is 6.45. The number of nitrogens with zero attached hydrogens (tertiary/aromatic N) is 1. The van der Waals surface area contributed by atoms with Crippen LogP contribution in [0, 0.1) is 0 Å². The average molecular weight is 257 g/mol. The van der Waals surface area contributed by atoms with E-state index in [2.05, 4.69) is 10.6 Å². The standard InChI is InChI=1S/C12H23N3O3/c1-4-18-12(17)10-7-13-5-6-15(10)8-11(16)14-9(2)3/h9-10,13H,4-8H2,1-3H3,(H,14,16). The van der Waals surface area contributed by atoms with Crippen LogP contribution in [0.25, 0.3) is 0 Å². The summed E-state index contributed by atoms with van der Waals surface area (Å²) in [5.74, 6) is -0.316. The molecular formula is C12H23N3O3. The topological polar surface area (TPSA) is 70.7 Å². The third-order valence-electron chi connectivity index (χ3n) is 2.71. The van der Waals surface area contributed by atoms with Gasteiger partial charge in [-0.2, -0.15) is 0 Å². The Hall–Kier alpha value is -1.14. The zero-order chi connectivity index (χ0) is 13.5. The van der Waals surface area contributed by atoms with Crippen LogP contribution in [0.1, 0.15) is 20.8 Å². The van der Waals surface area contributed by atoms with Crippen molar-refractivity contribution in [1.82, 2.24) is 15.5 Å². The molecule has 0 radical (unpaired) electrons. The summed E-state index contributed by atoms with van der Waals surface area (Å²) >= 11 is 0. The first kappa shape index (κ1) is 14.9. The minimum absolute atomic E-state index is 0.0544. The minimum atomic E-state index is -0.364. The van der Waals surface area contributed by atoms with Crippen LogP contribution in [0.15, 0.2) is 0 Å². The number of nitrogens with one attached hydrogen (secondary N) is 2. The number of hydrogen-bond donors (Lipinski definition) is 2. The van der Waals surface area contributed by atoms with E-state index in [1.54, 1.807) is 6.92 Å². The molecule has 1 fully saturated rings. The Bertz CT molecular complexity index is 294. The molecule has 18 heavy (non-hydrogen) atoms. The van der Waals surface area contributed by atoms with Gasteiger partial charge in [-0.15, -0.1) is 0 Å². The summed E-state index contributed by atoms with van der Waals surface area (Å²) in [4.78, 5) is 25.4. The molecule has 1 heterocycles. The number of amides is 1. The molecule has 0 aromatic carbocycles. The number of carbonyl (C=O) groups is 2. The summed E-state index contributed by atoms with van der Waals surface area (Å²) in [7, 11) is 0. The Morgan fingerprint density at radius 1 is 1.50 bits per heavy atom. The van der Waals surface area contributed by atoms with Gasteiger partial charge in [0.1, 0.15) is 6.04 Å². The predicted octanol–water partition coefficient (Wildman–Crippen LogP) is -0.652. The largest absolute Gasteiger partial charge is 0.465 e. The molecule has 1 atom stereocenters. The third kappa shape index (κ3) is 4.62. The first-order valence-electron chi connectivity index (χ1n) is 6.45. The number of ether oxygens (including phenoxy) is 1. The van der Waals surface area contributed by atoms with Gasteiger partial charge in [0.05, 0.1) is 13.2 Å². The lowest BCUT2D eigenvalue weighted by Gasteiger charge is -2.33. The molecule has 0 aliphatic carbocycles. The second kappa shape index (κ2) is 7.33. The first-order chi connectivity index (χ1) is 8.54. The van der Waals surface area contributed by atoms with Gasteiger partial charge in [0.25, 0.3) is 0 Å². The van der Waals surface area contributed by atoms with E-state index in [9.17, 15) is 9.59 Å². The molecule has 6 nitrogen and oxygen atoms in total. The predicted molar refractivity (Wildman–Crippen MR) is 68.1 cm³/mol. The molecule has 6 heteroatoms. The highest BCUT2D eigenvalue weighted by Crippen LogP contribution is 2.05. The average Bonchev–Trinajstić information content (AvgIpc) is 2.28. The van der Waals surface area contributed by atoms with Crippen molar-refractivity contribution in [2.75, 3.05) is 32.8 Å². The molecule has 0 aromatic heterocycles. The molecule has 104 valence electrons. The maximum atomic E-state index is 11.8. The fourth-order valence-corrected chi connectivity index (χ4v) is 1.96. The Balaban J connectivity index is 2.54. The van der Waals surface area contributed by atoms with Gasteiger partial charge in [-0.25, -0.2) is 0 Å². The van der Waals surface area contributed by atoms with Gasteiger partial charge < -0.3 is 15.4 Å². The maximum absolute atomic E-state index is 11.8. The van der Waals surface area contributed by atoms with Crippen LogP contribution in [0.5, 0.6) is 0 Å². The van der Waals surface area contributed by atoms with Crippen LogP contribution >= 0.6 is 0 Å². The highest BCUT2D eigenvalue weighted by Gasteiger charge is 2.30. The van der Waals surface area contributed by atoms with Crippen LogP contribution in [0.3, 0.4) is 0 Å². The van der Waals surface area contributed by atoms with Gasteiger partial charge in [-0.3, -0.25) is 14.5 Å². The molecule has 1 unspecified atom stereocenters. The van der Waals surface area contributed by atoms with E-state index in [-0.39, 0.29) is 30.5 Å². The summed E-state index contributed by atoms with van der Waals surface area (Å²) in [6, 6.07) is -0.252. The lowest BCUT2D eigenvalue weighted by atomic mass is 10.2. The molecule has 1 amide bonds. The fraction of sp³-hybridized carbons (Fsp3) is 0.833. The number of piperazine rings is 1. The van der Waals surface area contributed by atoms with E-state index in [4.69, 9.17) is 4.74 Å². The highest BCUT2D eigenvalue weighted by molar-refractivity contribution is 5.81. The third-order valence-corrected chi connectivity index (χ3v) is 2.71. The quantitative estimate of drug-likeness (QED) is 0.640. The number of rotatable bonds is 5. The Morgan fingerprint density at radius 3 is 2.83 bits per heavy atom. The van der Waals surface area contributed by atoms with Crippen molar-refractivity contribution in [3.8, 4) is 0 Å². The van der Waals surface area contributed by atoms with E-state index in [0.29, 0.717) is 19.7 Å². The number of hydrogen-bond acceptors (Lipinski definition) is 5. The van der Waals surface area contributed by atoms with E-state index < -0.39 is 0 Å². The molecule has 2 N–H and O–H groups in total. The van der Waals surface area contributed by atoms with E-state index in [0.717, 1.165) is 6.54 Å². The molecule has 1 aliphatic rings. The monoisotopic (exact) mass is 257 g/mol. The van der Waals surface area contributed by atoms with Crippen molar-refractivity contribution in [3.63, 3.8) is 0 Å². The summed E-state index contributed by atoms with van der Waals surface area (Å²) in [6.07, 6.45) is 0. The van der Waals surface area contributed by atoms with E-state index in [1.807, 2.05) is 18.7 Å². The Labute approximate surface area is 108 Å². The molecule has 0 spiro atoms. The van der Waals surface area contributed by atoms with Crippen molar-refractivity contribution < 1.29 is 14.3 Å². The fourth-order valence-electron chi connectivity index (χ4n) is 1.96. The van der Waals surface area contributed by atoms with Gasteiger partial charge >= 0.3 is 5.97 Å². The van der Waals surface area contributed by atoms with Crippen molar-refractivity contribution in [2.45, 2.75) is 32.9 Å². The van der Waals surface area contributed by atoms with Gasteiger partial charge in [0, 0.05) is 25.7 Å². The van der Waals surface area contributed by atoms with E-state index >= 15 is 0 Å². The van der Waals surface area contributed by atoms with Crippen LogP contribution in [0.2, 0.25) is 0 Å². The summed E-state index contributed by atoms with van der Waals surface area (Å²) < 4.78 is 5.02. The maximum Gasteiger partial charge on any atom is 0.324 e. The van der Waals surface area contributed by atoms with Crippen LogP contribution < -0.4 is 10.6 Å². The van der Waals surface area contributed by atoms with Crippen LogP contribution in [-0.4, -0.2) is 61.6 Å². The molecule has 1 saturated heterocycles. The zero-order valence-electron chi connectivity index (χ0n) is 11.4. The summed E-state index contributed by atoms with van der Waals surface area (Å²) in [6.45, 7) is 8.21.